The molecule has 1 aromatic heterocycles. The smallest absolute Gasteiger partial charge is 0.271 e. The Hall–Kier alpha value is -3.99. The fourth-order valence-corrected chi connectivity index (χ4v) is 3.34. The number of fused-ring (bicyclic) bond motifs is 1. The molecule has 0 saturated heterocycles. The second-order valence-electron chi connectivity index (χ2n) is 7.75. The number of hydrogen-bond donors (Lipinski definition) is 1. The van der Waals surface area contributed by atoms with Crippen LogP contribution >= 0.6 is 0 Å². The van der Waals surface area contributed by atoms with Crippen molar-refractivity contribution in [2.45, 2.75) is 27.4 Å². The zero-order valence-electron chi connectivity index (χ0n) is 18.4. The van der Waals surface area contributed by atoms with E-state index in [0.29, 0.717) is 12.2 Å². The summed E-state index contributed by atoms with van der Waals surface area (Å²) in [5, 5.41) is 5.29. The molecule has 0 radical (unpaired) electrons. The molecule has 5 heteroatoms. The molecule has 1 heterocycles. The summed E-state index contributed by atoms with van der Waals surface area (Å²) in [7, 11) is 0. The lowest BCUT2D eigenvalue weighted by molar-refractivity contribution is 0.0955. The van der Waals surface area contributed by atoms with Crippen LogP contribution in [0.3, 0.4) is 0 Å². The summed E-state index contributed by atoms with van der Waals surface area (Å²) >= 11 is 0. The molecule has 5 nitrogen and oxygen atoms in total. The number of amides is 1. The number of nitrogens with one attached hydrogen (secondary N) is 1. The second-order valence-corrected chi connectivity index (χ2v) is 7.75. The number of hydrogen-bond acceptors (Lipinski definition) is 4. The Bertz CT molecular complexity index is 1290. The Balaban J connectivity index is 1.38. The van der Waals surface area contributed by atoms with Gasteiger partial charge in [-0.1, -0.05) is 42.5 Å². The van der Waals surface area contributed by atoms with Crippen molar-refractivity contribution in [2.24, 2.45) is 5.10 Å². The number of para-hydroxylation sites is 1. The molecule has 0 fully saturated rings. The number of aryl methyl sites for hydroxylation is 2. The Morgan fingerprint density at radius 3 is 2.47 bits per heavy atom. The highest BCUT2D eigenvalue weighted by Gasteiger charge is 2.07. The van der Waals surface area contributed by atoms with Crippen molar-refractivity contribution in [3.8, 4) is 5.75 Å². The van der Waals surface area contributed by atoms with Crippen molar-refractivity contribution in [3.63, 3.8) is 0 Å². The summed E-state index contributed by atoms with van der Waals surface area (Å²) in [6.07, 6.45) is 1.76. The first-order chi connectivity index (χ1) is 15.5. The quantitative estimate of drug-likeness (QED) is 0.325. The standard InChI is InChI=1S/C27H25N3O2/c1-18-9-12-24(16-19(18)2)20(3)29-30-27(31)23-13-10-21(11-14-23)17-32-25-8-4-6-22-7-5-15-28-26(22)25/h4-16H,17H2,1-3H3,(H,30,31)/b29-20-. The summed E-state index contributed by atoms with van der Waals surface area (Å²) in [5.41, 5.74) is 9.15. The monoisotopic (exact) mass is 423 g/mol. The summed E-state index contributed by atoms with van der Waals surface area (Å²) in [6, 6.07) is 23.2. The van der Waals surface area contributed by atoms with Gasteiger partial charge in [-0.15, -0.1) is 0 Å². The van der Waals surface area contributed by atoms with E-state index < -0.39 is 0 Å². The molecule has 0 aliphatic rings. The SMILES string of the molecule is C/C(=N/NC(=O)c1ccc(COc2cccc3cccnc23)cc1)c1ccc(C)c(C)c1. The average Bonchev–Trinajstić information content (AvgIpc) is 2.83. The van der Waals surface area contributed by atoms with Crippen LogP contribution in [-0.4, -0.2) is 16.6 Å². The fraction of sp³-hybridized carbons (Fsp3) is 0.148. The third-order valence-corrected chi connectivity index (χ3v) is 5.46. The minimum absolute atomic E-state index is 0.251. The molecule has 0 unspecified atom stereocenters. The molecule has 4 rings (SSSR count). The van der Waals surface area contributed by atoms with Crippen LogP contribution < -0.4 is 10.2 Å². The van der Waals surface area contributed by atoms with Gasteiger partial charge in [0.25, 0.3) is 5.91 Å². The largest absolute Gasteiger partial charge is 0.487 e. The van der Waals surface area contributed by atoms with Gasteiger partial charge in [0.2, 0.25) is 0 Å². The van der Waals surface area contributed by atoms with E-state index in [2.05, 4.69) is 41.5 Å². The van der Waals surface area contributed by atoms with Crippen molar-refractivity contribution >= 4 is 22.5 Å². The number of hydrazone groups is 1. The van der Waals surface area contributed by atoms with Gasteiger partial charge in [0.1, 0.15) is 17.9 Å². The summed E-state index contributed by atoms with van der Waals surface area (Å²) in [4.78, 5) is 16.9. The molecule has 0 spiro atoms. The van der Waals surface area contributed by atoms with E-state index in [1.807, 2.05) is 55.5 Å². The zero-order chi connectivity index (χ0) is 22.5. The van der Waals surface area contributed by atoms with Crippen LogP contribution in [0, 0.1) is 13.8 Å². The zero-order valence-corrected chi connectivity index (χ0v) is 18.4. The first-order valence-electron chi connectivity index (χ1n) is 10.5. The van der Waals surface area contributed by atoms with E-state index in [-0.39, 0.29) is 5.91 Å². The van der Waals surface area contributed by atoms with Crippen LogP contribution in [0.25, 0.3) is 10.9 Å². The van der Waals surface area contributed by atoms with Crippen LogP contribution in [0.5, 0.6) is 5.75 Å². The highest BCUT2D eigenvalue weighted by Crippen LogP contribution is 2.24. The molecule has 32 heavy (non-hydrogen) atoms. The highest BCUT2D eigenvalue weighted by molar-refractivity contribution is 6.01. The first kappa shape index (κ1) is 21.2. The minimum Gasteiger partial charge on any atom is -0.487 e. The van der Waals surface area contributed by atoms with E-state index in [1.54, 1.807) is 18.3 Å². The molecule has 1 amide bonds. The number of pyridine rings is 1. The number of nitrogens with zero attached hydrogens (tertiary/aromatic N) is 2. The molecule has 160 valence electrons. The summed E-state index contributed by atoms with van der Waals surface area (Å²) in [6.45, 7) is 6.41. The van der Waals surface area contributed by atoms with Gasteiger partial charge in [0.05, 0.1) is 5.71 Å². The van der Waals surface area contributed by atoms with Crippen LogP contribution in [-0.2, 0) is 6.61 Å². The molecular weight excluding hydrogens is 398 g/mol. The normalized spacial score (nSPS) is 11.4. The van der Waals surface area contributed by atoms with Gasteiger partial charge < -0.3 is 4.74 Å². The Kier molecular flexibility index (Phi) is 6.26. The van der Waals surface area contributed by atoms with Crippen molar-refractivity contribution in [3.05, 3.63) is 107 Å². The van der Waals surface area contributed by atoms with Crippen molar-refractivity contribution in [1.82, 2.24) is 10.4 Å². The van der Waals surface area contributed by atoms with Crippen LogP contribution in [0.4, 0.5) is 0 Å². The predicted octanol–water partition coefficient (Wildman–Crippen LogP) is 5.58. The van der Waals surface area contributed by atoms with Crippen LogP contribution in [0.2, 0.25) is 0 Å². The maximum Gasteiger partial charge on any atom is 0.271 e. The summed E-state index contributed by atoms with van der Waals surface area (Å²) < 4.78 is 5.97. The van der Waals surface area contributed by atoms with Gasteiger partial charge in [0, 0.05) is 17.1 Å². The highest BCUT2D eigenvalue weighted by atomic mass is 16.5. The maximum atomic E-state index is 12.5. The van der Waals surface area contributed by atoms with Gasteiger partial charge in [-0.25, -0.2) is 5.43 Å². The van der Waals surface area contributed by atoms with Gasteiger partial charge in [0.15, 0.2) is 0 Å². The predicted molar refractivity (Wildman–Crippen MR) is 128 cm³/mol. The number of carbonyl (C=O) groups is 1. The average molecular weight is 424 g/mol. The molecular formula is C27H25N3O2. The van der Waals surface area contributed by atoms with E-state index in [1.165, 1.54) is 11.1 Å². The molecule has 0 aliphatic heterocycles. The van der Waals surface area contributed by atoms with Gasteiger partial charge >= 0.3 is 0 Å². The fourth-order valence-electron chi connectivity index (χ4n) is 3.34. The van der Waals surface area contributed by atoms with Gasteiger partial charge in [-0.2, -0.15) is 5.10 Å². The molecule has 0 aliphatic carbocycles. The van der Waals surface area contributed by atoms with Crippen molar-refractivity contribution in [2.75, 3.05) is 0 Å². The number of aromatic nitrogens is 1. The second kappa shape index (κ2) is 9.43. The van der Waals surface area contributed by atoms with E-state index >= 15 is 0 Å². The lowest BCUT2D eigenvalue weighted by Crippen LogP contribution is -2.19. The van der Waals surface area contributed by atoms with E-state index in [4.69, 9.17) is 4.74 Å². The molecule has 4 aromatic rings. The Morgan fingerprint density at radius 1 is 0.938 bits per heavy atom. The topological polar surface area (TPSA) is 63.6 Å². The third kappa shape index (κ3) is 4.83. The molecule has 1 N–H and O–H groups in total. The number of ether oxygens (including phenoxy) is 1. The van der Waals surface area contributed by atoms with Gasteiger partial charge in [-0.3, -0.25) is 9.78 Å². The van der Waals surface area contributed by atoms with E-state index in [9.17, 15) is 4.79 Å². The Labute approximate surface area is 187 Å². The number of carbonyl (C=O) groups excluding carboxylic acids is 1. The van der Waals surface area contributed by atoms with E-state index in [0.717, 1.165) is 33.5 Å². The van der Waals surface area contributed by atoms with Gasteiger partial charge in [-0.05, 0) is 73.4 Å². The molecule has 0 atom stereocenters. The van der Waals surface area contributed by atoms with Crippen molar-refractivity contribution in [1.29, 1.82) is 0 Å². The number of benzene rings is 3. The Morgan fingerprint density at radius 2 is 1.69 bits per heavy atom. The lowest BCUT2D eigenvalue weighted by atomic mass is 10.0. The third-order valence-electron chi connectivity index (χ3n) is 5.46. The molecule has 0 saturated carbocycles. The van der Waals surface area contributed by atoms with Crippen LogP contribution in [0.15, 0.2) is 84.1 Å². The number of rotatable bonds is 6. The van der Waals surface area contributed by atoms with Crippen LogP contribution in [0.1, 0.15) is 39.5 Å². The maximum absolute atomic E-state index is 12.5. The molecule has 3 aromatic carbocycles. The van der Waals surface area contributed by atoms with Crippen molar-refractivity contribution < 1.29 is 9.53 Å². The summed E-state index contributed by atoms with van der Waals surface area (Å²) in [5.74, 6) is 0.486. The molecule has 0 bridgehead atoms. The first-order valence-corrected chi connectivity index (χ1v) is 10.5. The minimum atomic E-state index is -0.251. The lowest BCUT2D eigenvalue weighted by Gasteiger charge is -2.09.